The Morgan fingerprint density at radius 2 is 1.58 bits per heavy atom. The number of hydrogen-bond acceptors (Lipinski definition) is 4. The molecule has 0 aliphatic rings. The van der Waals surface area contributed by atoms with Gasteiger partial charge < -0.3 is 15.7 Å². The summed E-state index contributed by atoms with van der Waals surface area (Å²) < 4.78 is 0.891. The van der Waals surface area contributed by atoms with Crippen LogP contribution < -0.4 is 10.6 Å². The third-order valence-corrected chi connectivity index (χ3v) is 6.20. The van der Waals surface area contributed by atoms with E-state index in [1.807, 2.05) is 24.3 Å². The minimum Gasteiger partial charge on any atom is -0.478 e. The maximum atomic E-state index is 12.9. The maximum absolute atomic E-state index is 12.9. The van der Waals surface area contributed by atoms with Crippen molar-refractivity contribution in [1.29, 1.82) is 0 Å². The number of aromatic carboxylic acids is 1. The summed E-state index contributed by atoms with van der Waals surface area (Å²) in [6.45, 7) is 0. The van der Waals surface area contributed by atoms with Gasteiger partial charge in [-0.2, -0.15) is 0 Å². The average Bonchev–Trinajstić information content (AvgIpc) is 3.11. The predicted octanol–water partition coefficient (Wildman–Crippen LogP) is 5.76. The van der Waals surface area contributed by atoms with Crippen molar-refractivity contribution in [2.24, 2.45) is 0 Å². The van der Waals surface area contributed by atoms with Gasteiger partial charge >= 0.3 is 5.97 Å². The summed E-state index contributed by atoms with van der Waals surface area (Å²) in [5.74, 6) is -2.00. The summed E-state index contributed by atoms with van der Waals surface area (Å²) in [5.41, 5.74) is 0.930. The normalized spacial score (nSPS) is 10.6. The van der Waals surface area contributed by atoms with E-state index in [0.717, 1.165) is 10.1 Å². The molecule has 0 aliphatic carbocycles. The predicted molar refractivity (Wildman–Crippen MR) is 123 cm³/mol. The molecule has 0 bridgehead atoms. The monoisotopic (exact) mass is 450 g/mol. The zero-order valence-electron chi connectivity index (χ0n) is 15.9. The summed E-state index contributed by atoms with van der Waals surface area (Å²) in [6.07, 6.45) is 0. The Morgan fingerprint density at radius 1 is 0.839 bits per heavy atom. The van der Waals surface area contributed by atoms with Gasteiger partial charge in [0.2, 0.25) is 0 Å². The van der Waals surface area contributed by atoms with Crippen LogP contribution in [-0.4, -0.2) is 22.9 Å². The highest BCUT2D eigenvalue weighted by Gasteiger charge is 2.19. The van der Waals surface area contributed by atoms with Gasteiger partial charge in [0, 0.05) is 15.8 Å². The van der Waals surface area contributed by atoms with Gasteiger partial charge in [-0.25, -0.2) is 4.79 Å². The molecule has 1 aromatic heterocycles. The highest BCUT2D eigenvalue weighted by molar-refractivity contribution is 7.21. The van der Waals surface area contributed by atoms with Crippen molar-refractivity contribution in [3.05, 3.63) is 93.8 Å². The molecule has 2 amide bonds. The van der Waals surface area contributed by atoms with E-state index < -0.39 is 17.8 Å². The second-order valence-electron chi connectivity index (χ2n) is 6.58. The lowest BCUT2D eigenvalue weighted by Gasteiger charge is -2.11. The number of amides is 2. The van der Waals surface area contributed by atoms with Crippen LogP contribution in [0.15, 0.2) is 72.8 Å². The second-order valence-corrected chi connectivity index (χ2v) is 8.01. The van der Waals surface area contributed by atoms with E-state index in [1.165, 1.54) is 29.5 Å². The number of benzene rings is 3. The number of nitrogens with one attached hydrogen (secondary N) is 2. The Labute approximate surface area is 186 Å². The Hall–Kier alpha value is -3.68. The molecule has 0 saturated carbocycles. The fourth-order valence-corrected chi connectivity index (χ4v) is 4.47. The summed E-state index contributed by atoms with van der Waals surface area (Å²) in [4.78, 5) is 37.2. The topological polar surface area (TPSA) is 95.5 Å². The van der Waals surface area contributed by atoms with Crippen LogP contribution in [0.2, 0.25) is 5.02 Å². The third kappa shape index (κ3) is 4.28. The molecule has 0 unspecified atom stereocenters. The molecule has 0 spiro atoms. The quantitative estimate of drug-likeness (QED) is 0.360. The van der Waals surface area contributed by atoms with Gasteiger partial charge in [-0.3, -0.25) is 9.59 Å². The number of anilines is 2. The van der Waals surface area contributed by atoms with Gasteiger partial charge in [0.1, 0.15) is 4.88 Å². The van der Waals surface area contributed by atoms with E-state index in [2.05, 4.69) is 10.6 Å². The summed E-state index contributed by atoms with van der Waals surface area (Å²) in [5, 5.41) is 15.7. The molecule has 0 radical (unpaired) electrons. The zero-order chi connectivity index (χ0) is 22.0. The fraction of sp³-hybridized carbons (Fsp3) is 0. The number of fused-ring (bicyclic) bond motifs is 1. The van der Waals surface area contributed by atoms with Crippen LogP contribution in [0.5, 0.6) is 0 Å². The van der Waals surface area contributed by atoms with E-state index in [9.17, 15) is 14.4 Å². The maximum Gasteiger partial charge on any atom is 0.335 e. The van der Waals surface area contributed by atoms with E-state index in [0.29, 0.717) is 21.3 Å². The minimum atomic E-state index is -1.09. The lowest BCUT2D eigenvalue weighted by molar-refractivity contribution is 0.0696. The Morgan fingerprint density at radius 3 is 2.35 bits per heavy atom. The van der Waals surface area contributed by atoms with E-state index in [1.54, 1.807) is 30.3 Å². The van der Waals surface area contributed by atoms with Crippen molar-refractivity contribution in [1.82, 2.24) is 0 Å². The third-order valence-electron chi connectivity index (χ3n) is 4.53. The van der Waals surface area contributed by atoms with Crippen molar-refractivity contribution >= 4 is 62.2 Å². The Bertz CT molecular complexity index is 1330. The average molecular weight is 451 g/mol. The molecule has 31 heavy (non-hydrogen) atoms. The largest absolute Gasteiger partial charge is 0.478 e. The fourth-order valence-electron chi connectivity index (χ4n) is 3.06. The van der Waals surface area contributed by atoms with Crippen LogP contribution in [0.25, 0.3) is 10.1 Å². The number of carboxylic acid groups (broad SMARTS) is 1. The number of hydrogen-bond donors (Lipinski definition) is 3. The van der Waals surface area contributed by atoms with Crippen LogP contribution in [0.4, 0.5) is 11.4 Å². The van der Waals surface area contributed by atoms with E-state index in [-0.39, 0.29) is 11.1 Å². The first-order valence-electron chi connectivity index (χ1n) is 9.16. The first-order chi connectivity index (χ1) is 14.9. The first-order valence-corrected chi connectivity index (χ1v) is 10.4. The molecule has 8 heteroatoms. The van der Waals surface area contributed by atoms with Crippen molar-refractivity contribution in [3.63, 3.8) is 0 Å². The van der Waals surface area contributed by atoms with Gasteiger partial charge in [-0.15, -0.1) is 11.3 Å². The van der Waals surface area contributed by atoms with Crippen LogP contribution in [0, 0.1) is 0 Å². The lowest BCUT2D eigenvalue weighted by atomic mass is 10.1. The Kier molecular flexibility index (Phi) is 5.70. The summed E-state index contributed by atoms with van der Waals surface area (Å²) >= 11 is 7.66. The smallest absolute Gasteiger partial charge is 0.335 e. The number of carboxylic acids is 1. The molecule has 3 aromatic carbocycles. The van der Waals surface area contributed by atoms with Crippen LogP contribution in [-0.2, 0) is 0 Å². The number of carbonyl (C=O) groups is 3. The summed E-state index contributed by atoms with van der Waals surface area (Å²) in [7, 11) is 0. The molecule has 0 fully saturated rings. The van der Waals surface area contributed by atoms with Crippen LogP contribution in [0.1, 0.15) is 30.4 Å². The van der Waals surface area contributed by atoms with Crippen molar-refractivity contribution in [2.45, 2.75) is 0 Å². The SMILES string of the molecule is O=C(O)c1cccc(NC(=O)c2ccccc2NC(=O)c2sc3ccccc3c2Cl)c1. The van der Waals surface area contributed by atoms with Crippen molar-refractivity contribution < 1.29 is 19.5 Å². The molecule has 3 N–H and O–H groups in total. The molecule has 4 rings (SSSR count). The van der Waals surface area contributed by atoms with Crippen molar-refractivity contribution in [3.8, 4) is 0 Å². The standard InChI is InChI=1S/C23H15ClN2O4S/c24-19-16-9-2-4-11-18(16)31-20(19)22(28)26-17-10-3-1-8-15(17)21(27)25-14-7-5-6-13(12-14)23(29)30/h1-12H,(H,25,27)(H,26,28)(H,29,30). The van der Waals surface area contributed by atoms with Gasteiger partial charge in [-0.05, 0) is 36.4 Å². The molecule has 6 nitrogen and oxygen atoms in total. The van der Waals surface area contributed by atoms with Crippen LogP contribution in [0.3, 0.4) is 0 Å². The number of para-hydroxylation sites is 1. The molecule has 0 aliphatic heterocycles. The molecule has 154 valence electrons. The molecule has 1 heterocycles. The zero-order valence-corrected chi connectivity index (χ0v) is 17.5. The number of thiophene rings is 1. The van der Waals surface area contributed by atoms with Gasteiger partial charge in [0.25, 0.3) is 11.8 Å². The Balaban J connectivity index is 1.59. The van der Waals surface area contributed by atoms with Crippen molar-refractivity contribution in [2.75, 3.05) is 10.6 Å². The lowest BCUT2D eigenvalue weighted by Crippen LogP contribution is -2.18. The highest BCUT2D eigenvalue weighted by Crippen LogP contribution is 2.35. The van der Waals surface area contributed by atoms with Gasteiger partial charge in [0.05, 0.1) is 21.8 Å². The highest BCUT2D eigenvalue weighted by atomic mass is 35.5. The van der Waals surface area contributed by atoms with Crippen LogP contribution >= 0.6 is 22.9 Å². The number of rotatable bonds is 5. The van der Waals surface area contributed by atoms with E-state index in [4.69, 9.17) is 16.7 Å². The first kappa shape index (κ1) is 20.6. The number of carbonyl (C=O) groups excluding carboxylic acids is 2. The molecule has 4 aromatic rings. The second kappa shape index (κ2) is 8.59. The van der Waals surface area contributed by atoms with Gasteiger partial charge in [0.15, 0.2) is 0 Å². The summed E-state index contributed by atoms with van der Waals surface area (Å²) in [6, 6.07) is 19.9. The number of halogens is 1. The molecule has 0 saturated heterocycles. The van der Waals surface area contributed by atoms with E-state index >= 15 is 0 Å². The van der Waals surface area contributed by atoms with Gasteiger partial charge in [-0.1, -0.05) is 48.0 Å². The molecular formula is C23H15ClN2O4S. The minimum absolute atomic E-state index is 0.0544. The molecular weight excluding hydrogens is 436 g/mol. The molecule has 0 atom stereocenters.